The van der Waals surface area contributed by atoms with Gasteiger partial charge in [-0.05, 0) is 20.9 Å². The van der Waals surface area contributed by atoms with Crippen LogP contribution in [0.3, 0.4) is 0 Å². The summed E-state index contributed by atoms with van der Waals surface area (Å²) in [6, 6.07) is 0.708. The molecule has 0 spiro atoms. The van der Waals surface area contributed by atoms with Crippen LogP contribution in [0.15, 0.2) is 0 Å². The Hall–Kier alpha value is -0.0800. The molecule has 0 radical (unpaired) electrons. The molecule has 0 bridgehead atoms. The van der Waals surface area contributed by atoms with E-state index in [1.165, 1.54) is 26.2 Å². The third kappa shape index (κ3) is 2.14. The highest BCUT2D eigenvalue weighted by atomic mass is 15.3. The second-order valence-electron chi connectivity index (χ2n) is 6.29. The molecule has 96 valence electrons. The lowest BCUT2D eigenvalue weighted by atomic mass is 9.71. The summed E-state index contributed by atoms with van der Waals surface area (Å²) < 4.78 is 0. The van der Waals surface area contributed by atoms with Crippen LogP contribution < -0.4 is 0 Å². The Morgan fingerprint density at radius 2 is 1.25 bits per heavy atom. The molecule has 0 aromatic carbocycles. The van der Waals surface area contributed by atoms with E-state index in [-0.39, 0.29) is 0 Å². The SMILES string of the molecule is CC.CC(C)N1C[C@]2(C)CN(C)C[C@]2(C)C1. The minimum atomic E-state index is 0.520. The van der Waals surface area contributed by atoms with Crippen LogP contribution in [0.5, 0.6) is 0 Å². The summed E-state index contributed by atoms with van der Waals surface area (Å²) in [5, 5.41) is 0. The second-order valence-corrected chi connectivity index (χ2v) is 6.29. The molecule has 2 atom stereocenters. The normalized spacial score (nSPS) is 39.8. The summed E-state index contributed by atoms with van der Waals surface area (Å²) >= 11 is 0. The molecule has 2 heteroatoms. The number of hydrogen-bond donors (Lipinski definition) is 0. The predicted octanol–water partition coefficient (Wildman–Crippen LogP) is 2.69. The monoisotopic (exact) mass is 226 g/mol. The first kappa shape index (κ1) is 14.0. The van der Waals surface area contributed by atoms with E-state index in [0.29, 0.717) is 16.9 Å². The molecule has 0 aromatic rings. The van der Waals surface area contributed by atoms with Crippen LogP contribution in [0.1, 0.15) is 41.5 Å². The molecule has 0 N–H and O–H groups in total. The van der Waals surface area contributed by atoms with Gasteiger partial charge in [0.15, 0.2) is 0 Å². The average Bonchev–Trinajstić information content (AvgIpc) is 2.52. The van der Waals surface area contributed by atoms with E-state index in [1.807, 2.05) is 13.8 Å². The summed E-state index contributed by atoms with van der Waals surface area (Å²) in [6.45, 7) is 18.7. The van der Waals surface area contributed by atoms with Crippen molar-refractivity contribution < 1.29 is 0 Å². The van der Waals surface area contributed by atoms with E-state index in [4.69, 9.17) is 0 Å². The third-order valence-corrected chi connectivity index (χ3v) is 4.53. The quantitative estimate of drug-likeness (QED) is 0.678. The molecule has 2 fully saturated rings. The van der Waals surface area contributed by atoms with Crippen LogP contribution in [-0.2, 0) is 0 Å². The Labute approximate surface area is 102 Å². The van der Waals surface area contributed by atoms with Gasteiger partial charge in [-0.3, -0.25) is 4.90 Å². The van der Waals surface area contributed by atoms with Gasteiger partial charge >= 0.3 is 0 Å². The Balaban J connectivity index is 0.000000606. The van der Waals surface area contributed by atoms with Crippen LogP contribution in [0.4, 0.5) is 0 Å². The van der Waals surface area contributed by atoms with E-state index in [0.717, 1.165) is 0 Å². The van der Waals surface area contributed by atoms with Crippen LogP contribution in [0, 0.1) is 10.8 Å². The van der Waals surface area contributed by atoms with E-state index < -0.39 is 0 Å². The molecular formula is C14H30N2. The molecule has 2 aliphatic rings. The van der Waals surface area contributed by atoms with Crippen molar-refractivity contribution in [2.24, 2.45) is 10.8 Å². The van der Waals surface area contributed by atoms with E-state index in [9.17, 15) is 0 Å². The zero-order chi connectivity index (χ0) is 12.6. The summed E-state index contributed by atoms with van der Waals surface area (Å²) in [6.07, 6.45) is 0. The highest BCUT2D eigenvalue weighted by molar-refractivity contribution is 5.09. The van der Waals surface area contributed by atoms with Crippen molar-refractivity contribution in [2.75, 3.05) is 33.2 Å². The molecule has 0 saturated carbocycles. The third-order valence-electron chi connectivity index (χ3n) is 4.53. The fourth-order valence-corrected chi connectivity index (χ4v) is 3.43. The lowest BCUT2D eigenvalue weighted by molar-refractivity contribution is 0.211. The van der Waals surface area contributed by atoms with Crippen LogP contribution in [0.25, 0.3) is 0 Å². The van der Waals surface area contributed by atoms with Gasteiger partial charge in [0.1, 0.15) is 0 Å². The van der Waals surface area contributed by atoms with E-state index >= 15 is 0 Å². The molecule has 2 saturated heterocycles. The minimum Gasteiger partial charge on any atom is -0.305 e. The second kappa shape index (κ2) is 4.66. The average molecular weight is 226 g/mol. The lowest BCUT2D eigenvalue weighted by Crippen LogP contribution is -2.34. The fourth-order valence-electron chi connectivity index (χ4n) is 3.43. The van der Waals surface area contributed by atoms with Crippen LogP contribution >= 0.6 is 0 Å². The van der Waals surface area contributed by atoms with Crippen molar-refractivity contribution >= 4 is 0 Å². The fraction of sp³-hybridized carbons (Fsp3) is 1.00. The maximum atomic E-state index is 2.65. The maximum Gasteiger partial charge on any atom is 0.00567 e. The molecule has 0 amide bonds. The summed E-state index contributed by atoms with van der Waals surface area (Å²) in [4.78, 5) is 5.14. The van der Waals surface area contributed by atoms with Crippen LogP contribution in [-0.4, -0.2) is 49.1 Å². The molecule has 2 nitrogen and oxygen atoms in total. The van der Waals surface area contributed by atoms with Gasteiger partial charge in [0.2, 0.25) is 0 Å². The smallest absolute Gasteiger partial charge is 0.00567 e. The standard InChI is InChI=1S/C12H24N2.C2H6/c1-10(2)14-8-11(3)6-13(5)7-12(11,4)9-14;1-2/h10H,6-9H2,1-5H3;1-2H3/t11-,12+;. The van der Waals surface area contributed by atoms with Crippen molar-refractivity contribution in [3.05, 3.63) is 0 Å². The Kier molecular flexibility index (Phi) is 4.07. The maximum absolute atomic E-state index is 2.65. The first-order valence-electron chi connectivity index (χ1n) is 6.79. The van der Waals surface area contributed by atoms with Crippen molar-refractivity contribution in [3.63, 3.8) is 0 Å². The van der Waals surface area contributed by atoms with Crippen molar-refractivity contribution in [1.82, 2.24) is 9.80 Å². The zero-order valence-corrected chi connectivity index (χ0v) is 12.3. The van der Waals surface area contributed by atoms with Gasteiger partial charge in [-0.1, -0.05) is 27.7 Å². The topological polar surface area (TPSA) is 6.48 Å². The van der Waals surface area contributed by atoms with Gasteiger partial charge in [0.05, 0.1) is 0 Å². The van der Waals surface area contributed by atoms with Gasteiger partial charge in [0.25, 0.3) is 0 Å². The number of hydrogen-bond acceptors (Lipinski definition) is 2. The van der Waals surface area contributed by atoms with Gasteiger partial charge in [0, 0.05) is 43.1 Å². The number of fused-ring (bicyclic) bond motifs is 1. The Morgan fingerprint density at radius 3 is 1.56 bits per heavy atom. The molecule has 0 aromatic heterocycles. The van der Waals surface area contributed by atoms with Crippen molar-refractivity contribution in [2.45, 2.75) is 47.6 Å². The van der Waals surface area contributed by atoms with Crippen LogP contribution in [0.2, 0.25) is 0 Å². The molecule has 0 unspecified atom stereocenters. The molecule has 16 heavy (non-hydrogen) atoms. The minimum absolute atomic E-state index is 0.520. The number of nitrogens with zero attached hydrogens (tertiary/aromatic N) is 2. The predicted molar refractivity (Wildman–Crippen MR) is 71.8 cm³/mol. The highest BCUT2D eigenvalue weighted by Gasteiger charge is 2.56. The molecule has 2 aliphatic heterocycles. The molecule has 0 aliphatic carbocycles. The number of likely N-dealkylation sites (tertiary alicyclic amines) is 2. The Bertz CT molecular complexity index is 219. The molecule has 2 rings (SSSR count). The summed E-state index contributed by atoms with van der Waals surface area (Å²) in [7, 11) is 2.26. The van der Waals surface area contributed by atoms with E-state index in [2.05, 4.69) is 44.5 Å². The van der Waals surface area contributed by atoms with Crippen molar-refractivity contribution in [1.29, 1.82) is 0 Å². The first-order chi connectivity index (χ1) is 7.36. The molecular weight excluding hydrogens is 196 g/mol. The number of rotatable bonds is 1. The van der Waals surface area contributed by atoms with Gasteiger partial charge < -0.3 is 4.90 Å². The highest BCUT2D eigenvalue weighted by Crippen LogP contribution is 2.51. The Morgan fingerprint density at radius 1 is 0.875 bits per heavy atom. The zero-order valence-electron chi connectivity index (χ0n) is 12.3. The summed E-state index contributed by atoms with van der Waals surface area (Å²) in [5.41, 5.74) is 1.04. The first-order valence-corrected chi connectivity index (χ1v) is 6.79. The summed E-state index contributed by atoms with van der Waals surface area (Å²) in [5.74, 6) is 0. The van der Waals surface area contributed by atoms with Crippen molar-refractivity contribution in [3.8, 4) is 0 Å². The lowest BCUT2D eigenvalue weighted by Gasteiger charge is -2.31. The van der Waals surface area contributed by atoms with Gasteiger partial charge in [-0.25, -0.2) is 0 Å². The largest absolute Gasteiger partial charge is 0.305 e. The van der Waals surface area contributed by atoms with Gasteiger partial charge in [-0.15, -0.1) is 0 Å². The van der Waals surface area contributed by atoms with E-state index in [1.54, 1.807) is 0 Å². The molecule has 2 heterocycles. The van der Waals surface area contributed by atoms with Gasteiger partial charge in [-0.2, -0.15) is 0 Å².